The molecule has 0 saturated carbocycles. The Bertz CT molecular complexity index is 598. The Morgan fingerprint density at radius 1 is 1.00 bits per heavy atom. The minimum atomic E-state index is -1.06. The van der Waals surface area contributed by atoms with Crippen LogP contribution in [0.15, 0.2) is 58.3 Å². The first-order chi connectivity index (χ1) is 11.2. The van der Waals surface area contributed by atoms with Gasteiger partial charge in [0.1, 0.15) is 0 Å². The molecule has 124 valence electrons. The molecule has 0 aliphatic heterocycles. The topological polar surface area (TPSA) is 18.5 Å². The van der Waals surface area contributed by atoms with E-state index in [0.717, 1.165) is 10.5 Å². The van der Waals surface area contributed by atoms with Crippen LogP contribution in [0, 0.1) is 0 Å². The molecule has 0 heterocycles. The third-order valence-corrected chi connectivity index (χ3v) is 6.56. The molecule has 2 aromatic rings. The minimum absolute atomic E-state index is 0.0644. The Morgan fingerprint density at radius 2 is 1.61 bits per heavy atom. The summed E-state index contributed by atoms with van der Waals surface area (Å²) in [6.07, 6.45) is 2.09. The smallest absolute Gasteiger partial charge is 0.183 e. The van der Waals surface area contributed by atoms with Crippen LogP contribution in [0.1, 0.15) is 30.6 Å². The van der Waals surface area contributed by atoms with E-state index in [-0.39, 0.29) is 5.66 Å². The summed E-state index contributed by atoms with van der Waals surface area (Å²) in [5, 5.41) is 0. The van der Waals surface area contributed by atoms with Crippen LogP contribution >= 0.6 is 32.8 Å². The van der Waals surface area contributed by atoms with Crippen molar-refractivity contribution in [1.29, 1.82) is 0 Å². The van der Waals surface area contributed by atoms with Crippen LogP contribution in [0.2, 0.25) is 0 Å². The van der Waals surface area contributed by atoms with Gasteiger partial charge in [-0.1, -0.05) is 30.3 Å². The fraction of sp³-hybridized carbons (Fsp3) is 0.333. The van der Waals surface area contributed by atoms with Gasteiger partial charge >= 0.3 is 0 Å². The largest absolute Gasteiger partial charge is 0.334 e. The van der Waals surface area contributed by atoms with Gasteiger partial charge < -0.3 is 9.05 Å². The number of rotatable bonds is 8. The van der Waals surface area contributed by atoms with Gasteiger partial charge in [-0.05, 0) is 49.4 Å². The minimum Gasteiger partial charge on any atom is -0.334 e. The van der Waals surface area contributed by atoms with E-state index in [4.69, 9.17) is 9.05 Å². The van der Waals surface area contributed by atoms with Crippen molar-refractivity contribution >= 4 is 32.8 Å². The van der Waals surface area contributed by atoms with Crippen LogP contribution in [0.25, 0.3) is 0 Å². The van der Waals surface area contributed by atoms with E-state index >= 15 is 0 Å². The van der Waals surface area contributed by atoms with E-state index in [2.05, 4.69) is 49.2 Å². The Morgan fingerprint density at radius 3 is 2.13 bits per heavy atom. The van der Waals surface area contributed by atoms with Gasteiger partial charge in [-0.15, -0.1) is 24.4 Å². The van der Waals surface area contributed by atoms with Crippen molar-refractivity contribution in [2.24, 2.45) is 0 Å². The van der Waals surface area contributed by atoms with Crippen molar-refractivity contribution in [3.63, 3.8) is 0 Å². The van der Waals surface area contributed by atoms with Gasteiger partial charge in [0.25, 0.3) is 0 Å². The fourth-order valence-corrected chi connectivity index (χ4v) is 4.91. The van der Waals surface area contributed by atoms with Crippen molar-refractivity contribution in [3.05, 3.63) is 59.7 Å². The van der Waals surface area contributed by atoms with Gasteiger partial charge in [0.15, 0.2) is 8.38 Å². The molecule has 0 radical (unpaired) electrons. The van der Waals surface area contributed by atoms with Crippen LogP contribution in [0.5, 0.6) is 0 Å². The van der Waals surface area contributed by atoms with E-state index in [0.29, 0.717) is 13.2 Å². The van der Waals surface area contributed by atoms with Crippen molar-refractivity contribution in [1.82, 2.24) is 0 Å². The maximum absolute atomic E-state index is 5.97. The standard InChI is InChI=1S/C18H23O2PS2/c1-4-19-21(20-5-2)18(16-8-6-7-9-17(16)22)14-10-12-15(23-3)13-11-14/h6-13,18,22H,4-5H2,1-3H3. The van der Waals surface area contributed by atoms with E-state index in [9.17, 15) is 0 Å². The lowest BCUT2D eigenvalue weighted by atomic mass is 10.0. The van der Waals surface area contributed by atoms with Gasteiger partial charge in [0, 0.05) is 9.79 Å². The van der Waals surface area contributed by atoms with Crippen LogP contribution in [-0.2, 0) is 9.05 Å². The summed E-state index contributed by atoms with van der Waals surface area (Å²) in [6.45, 7) is 5.29. The highest BCUT2D eigenvalue weighted by molar-refractivity contribution is 7.98. The highest BCUT2D eigenvalue weighted by atomic mass is 32.2. The molecule has 1 unspecified atom stereocenters. The van der Waals surface area contributed by atoms with Crippen LogP contribution < -0.4 is 0 Å². The molecular weight excluding hydrogens is 343 g/mol. The number of thiol groups is 1. The molecule has 0 aliphatic rings. The maximum Gasteiger partial charge on any atom is 0.183 e. The molecular formula is C18H23O2PS2. The third-order valence-electron chi connectivity index (χ3n) is 3.39. The first-order valence-corrected chi connectivity index (χ1v) is 10.6. The van der Waals surface area contributed by atoms with E-state index in [1.54, 1.807) is 11.8 Å². The second-order valence-electron chi connectivity index (χ2n) is 4.86. The van der Waals surface area contributed by atoms with E-state index < -0.39 is 8.38 Å². The lowest BCUT2D eigenvalue weighted by Gasteiger charge is -2.27. The second-order valence-corrected chi connectivity index (χ2v) is 7.82. The van der Waals surface area contributed by atoms with E-state index in [1.807, 2.05) is 32.0 Å². The second kappa shape index (κ2) is 9.71. The first-order valence-electron chi connectivity index (χ1n) is 7.68. The summed E-state index contributed by atoms with van der Waals surface area (Å²) in [5.41, 5.74) is 2.42. The number of hydrogen-bond donors (Lipinski definition) is 1. The number of thioether (sulfide) groups is 1. The molecule has 23 heavy (non-hydrogen) atoms. The molecule has 0 aromatic heterocycles. The average molecular weight is 366 g/mol. The lowest BCUT2D eigenvalue weighted by molar-refractivity contribution is 0.265. The van der Waals surface area contributed by atoms with Gasteiger partial charge in [-0.25, -0.2) is 0 Å². The zero-order chi connectivity index (χ0) is 16.7. The molecule has 1 atom stereocenters. The van der Waals surface area contributed by atoms with Gasteiger partial charge in [0.2, 0.25) is 0 Å². The Hall–Kier alpha value is -0.510. The van der Waals surface area contributed by atoms with E-state index in [1.165, 1.54) is 10.5 Å². The van der Waals surface area contributed by atoms with Crippen LogP contribution in [0.3, 0.4) is 0 Å². The van der Waals surface area contributed by atoms with Crippen molar-refractivity contribution in [2.45, 2.75) is 29.3 Å². The molecule has 0 N–H and O–H groups in total. The van der Waals surface area contributed by atoms with Crippen LogP contribution in [0.4, 0.5) is 0 Å². The monoisotopic (exact) mass is 366 g/mol. The molecule has 0 bridgehead atoms. The molecule has 5 heteroatoms. The Kier molecular flexibility index (Phi) is 7.94. The SMILES string of the molecule is CCOP(OCC)C(c1ccc(SC)cc1)c1ccccc1S. The number of benzene rings is 2. The van der Waals surface area contributed by atoms with Gasteiger partial charge in [0.05, 0.1) is 18.9 Å². The fourth-order valence-electron chi connectivity index (χ4n) is 2.36. The zero-order valence-corrected chi connectivity index (χ0v) is 16.3. The van der Waals surface area contributed by atoms with Crippen molar-refractivity contribution in [3.8, 4) is 0 Å². The summed E-state index contributed by atoms with van der Waals surface area (Å²) in [7, 11) is -1.06. The van der Waals surface area contributed by atoms with Crippen molar-refractivity contribution < 1.29 is 9.05 Å². The zero-order valence-electron chi connectivity index (χ0n) is 13.7. The summed E-state index contributed by atoms with van der Waals surface area (Å²) in [6, 6.07) is 16.8. The number of hydrogen-bond acceptors (Lipinski definition) is 4. The highest BCUT2D eigenvalue weighted by Gasteiger charge is 2.28. The molecule has 0 aliphatic carbocycles. The molecule has 0 spiro atoms. The first kappa shape index (κ1) is 18.8. The maximum atomic E-state index is 5.97. The highest BCUT2D eigenvalue weighted by Crippen LogP contribution is 2.57. The average Bonchev–Trinajstić information content (AvgIpc) is 2.58. The third kappa shape index (κ3) is 4.98. The molecule has 2 nitrogen and oxygen atoms in total. The quantitative estimate of drug-likeness (QED) is 0.342. The van der Waals surface area contributed by atoms with Crippen molar-refractivity contribution in [2.75, 3.05) is 19.5 Å². The molecule has 2 rings (SSSR count). The predicted octanol–water partition coefficient (Wildman–Crippen LogP) is 6.17. The Labute approximate surface area is 150 Å². The molecule has 0 amide bonds. The molecule has 0 fully saturated rings. The molecule has 0 saturated heterocycles. The molecule has 2 aromatic carbocycles. The summed E-state index contributed by atoms with van der Waals surface area (Å²) >= 11 is 6.40. The van der Waals surface area contributed by atoms with Gasteiger partial charge in [-0.3, -0.25) is 0 Å². The lowest BCUT2D eigenvalue weighted by Crippen LogP contribution is -2.05. The normalized spacial score (nSPS) is 12.6. The summed E-state index contributed by atoms with van der Waals surface area (Å²) < 4.78 is 11.9. The van der Waals surface area contributed by atoms with Gasteiger partial charge in [-0.2, -0.15) is 0 Å². The van der Waals surface area contributed by atoms with Crippen LogP contribution in [-0.4, -0.2) is 19.5 Å². The predicted molar refractivity (Wildman–Crippen MR) is 104 cm³/mol. The summed E-state index contributed by atoms with van der Waals surface area (Å²) in [4.78, 5) is 2.22. The summed E-state index contributed by atoms with van der Waals surface area (Å²) in [5.74, 6) is 0. The Balaban J connectivity index is 2.46.